The van der Waals surface area contributed by atoms with E-state index in [1.165, 1.54) is 89.9 Å². The summed E-state index contributed by atoms with van der Waals surface area (Å²) in [6, 6.07) is 0. The fourth-order valence-corrected chi connectivity index (χ4v) is 7.75. The molecule has 73 heavy (non-hydrogen) atoms. The van der Waals surface area contributed by atoms with Crippen LogP contribution in [0.25, 0.3) is 0 Å². The molecule has 0 N–H and O–H groups in total. The summed E-state index contributed by atoms with van der Waals surface area (Å²) in [5.41, 5.74) is 0. The summed E-state index contributed by atoms with van der Waals surface area (Å²) in [5.74, 6) is -1.02. The van der Waals surface area contributed by atoms with Gasteiger partial charge < -0.3 is 14.2 Å². The van der Waals surface area contributed by atoms with E-state index in [1.807, 2.05) is 12.2 Å². The van der Waals surface area contributed by atoms with Gasteiger partial charge in [-0.05, 0) is 122 Å². The maximum Gasteiger partial charge on any atom is 0.306 e. The molecule has 0 fully saturated rings. The molecule has 0 aliphatic heterocycles. The number of ether oxygens (including phenoxy) is 3. The highest BCUT2D eigenvalue weighted by Crippen LogP contribution is 2.14. The zero-order valence-electron chi connectivity index (χ0n) is 47.1. The number of carbonyl (C=O) groups is 3. The van der Waals surface area contributed by atoms with Gasteiger partial charge in [0.25, 0.3) is 0 Å². The molecule has 0 aliphatic carbocycles. The van der Waals surface area contributed by atoms with Gasteiger partial charge in [0.05, 0.1) is 0 Å². The van der Waals surface area contributed by atoms with Crippen molar-refractivity contribution >= 4 is 17.9 Å². The molecule has 0 aromatic carbocycles. The highest BCUT2D eigenvalue weighted by atomic mass is 16.6. The number of allylic oxidation sites excluding steroid dienone is 22. The lowest BCUT2D eigenvalue weighted by atomic mass is 10.1. The highest BCUT2D eigenvalue weighted by Gasteiger charge is 2.19. The Hall–Kier alpha value is -4.45. The van der Waals surface area contributed by atoms with Gasteiger partial charge in [-0.3, -0.25) is 14.4 Å². The van der Waals surface area contributed by atoms with Crippen LogP contribution in [0.5, 0.6) is 0 Å². The normalized spacial score (nSPS) is 13.1. The summed E-state index contributed by atoms with van der Waals surface area (Å²) in [7, 11) is 0. The monoisotopic (exact) mass is 1010 g/mol. The summed E-state index contributed by atoms with van der Waals surface area (Å²) in [6.07, 6.45) is 84.6. The quantitative estimate of drug-likeness (QED) is 0.0261. The third-order valence-electron chi connectivity index (χ3n) is 12.1. The van der Waals surface area contributed by atoms with E-state index < -0.39 is 6.10 Å². The van der Waals surface area contributed by atoms with Gasteiger partial charge in [-0.15, -0.1) is 0 Å². The van der Waals surface area contributed by atoms with Crippen molar-refractivity contribution in [2.75, 3.05) is 13.2 Å². The van der Waals surface area contributed by atoms with Crippen LogP contribution in [0.2, 0.25) is 0 Å². The van der Waals surface area contributed by atoms with Crippen LogP contribution < -0.4 is 0 Å². The number of unbranched alkanes of at least 4 members (excludes halogenated alkanes) is 19. The van der Waals surface area contributed by atoms with Crippen LogP contribution in [-0.4, -0.2) is 37.2 Å². The topological polar surface area (TPSA) is 78.9 Å². The minimum Gasteiger partial charge on any atom is -0.462 e. The molecule has 0 spiro atoms. The van der Waals surface area contributed by atoms with Gasteiger partial charge >= 0.3 is 17.9 Å². The lowest BCUT2D eigenvalue weighted by molar-refractivity contribution is -0.166. The van der Waals surface area contributed by atoms with Crippen LogP contribution >= 0.6 is 0 Å². The van der Waals surface area contributed by atoms with Crippen molar-refractivity contribution in [1.82, 2.24) is 0 Å². The Morgan fingerprint density at radius 1 is 0.288 bits per heavy atom. The predicted octanol–water partition coefficient (Wildman–Crippen LogP) is 20.2. The third-order valence-corrected chi connectivity index (χ3v) is 12.1. The van der Waals surface area contributed by atoms with Crippen LogP contribution in [0, 0.1) is 0 Å². The van der Waals surface area contributed by atoms with E-state index >= 15 is 0 Å². The van der Waals surface area contributed by atoms with Gasteiger partial charge in [-0.2, -0.15) is 0 Å². The molecule has 0 rings (SSSR count). The summed E-state index contributed by atoms with van der Waals surface area (Å²) in [4.78, 5) is 38.2. The maximum atomic E-state index is 12.9. The average molecular weight is 1010 g/mol. The van der Waals surface area contributed by atoms with E-state index in [0.29, 0.717) is 19.3 Å². The van der Waals surface area contributed by atoms with Gasteiger partial charge in [-0.25, -0.2) is 0 Å². The Morgan fingerprint density at radius 3 is 0.932 bits per heavy atom. The van der Waals surface area contributed by atoms with Gasteiger partial charge in [0, 0.05) is 19.3 Å². The molecule has 1 unspecified atom stereocenters. The Morgan fingerprint density at radius 2 is 0.562 bits per heavy atom. The summed E-state index contributed by atoms with van der Waals surface area (Å²) in [5, 5.41) is 0. The first-order valence-corrected chi connectivity index (χ1v) is 29.7. The fourth-order valence-electron chi connectivity index (χ4n) is 7.75. The molecule has 0 heterocycles. The number of rotatable bonds is 52. The SMILES string of the molecule is CC/C=C\C/C=C\C/C=C\C/C=C\C/C=C\C/C=C\CCCCCCCCC(=O)OCC(COC(=O)CC/C=C\C/C=C\C/C=C\C/C=C\CC)OC(=O)CCCCCCCCC/C=C\CCCCCCCC. The standard InChI is InChI=1S/C67H108O6/c1-4-7-10-13-16-19-22-25-27-29-30-31-32-33-34-35-36-38-39-42-45-48-51-54-57-60-66(69)72-63-64(62-71-65(68)59-56-53-50-47-44-41-24-21-18-15-12-9-6-3)73-67(70)61-58-55-52-49-46-43-40-37-28-26-23-20-17-14-11-8-5-2/h7,9-10,12,16,18-19,21,25-28,30-31,33-34,36,38,41,44,50,53,64H,4-6,8,11,13-15,17,20,22-24,29,32,35,37,39-40,42-43,45-49,51-52,54-63H2,1-3H3/b10-7-,12-9-,19-16-,21-18-,27-25-,28-26-,31-30-,34-33-,38-36-,44-41-,53-50-. The minimum absolute atomic E-state index is 0.114. The van der Waals surface area contributed by atoms with Gasteiger partial charge in [0.2, 0.25) is 0 Å². The van der Waals surface area contributed by atoms with E-state index in [4.69, 9.17) is 14.2 Å². The van der Waals surface area contributed by atoms with E-state index in [1.54, 1.807) is 0 Å². The van der Waals surface area contributed by atoms with Gasteiger partial charge in [0.1, 0.15) is 13.2 Å². The second-order valence-corrected chi connectivity index (χ2v) is 19.1. The molecule has 0 bridgehead atoms. The summed E-state index contributed by atoms with van der Waals surface area (Å²) >= 11 is 0. The largest absolute Gasteiger partial charge is 0.462 e. The molecule has 412 valence electrons. The smallest absolute Gasteiger partial charge is 0.306 e. The fraction of sp³-hybridized carbons (Fsp3) is 0.627. The van der Waals surface area contributed by atoms with E-state index in [9.17, 15) is 14.4 Å². The number of hydrogen-bond acceptors (Lipinski definition) is 6. The molecule has 0 radical (unpaired) electrons. The molecular formula is C67H108O6. The van der Waals surface area contributed by atoms with Gasteiger partial charge in [-0.1, -0.05) is 244 Å². The maximum absolute atomic E-state index is 12.9. The lowest BCUT2D eigenvalue weighted by Gasteiger charge is -2.18. The van der Waals surface area contributed by atoms with Crippen molar-refractivity contribution in [1.29, 1.82) is 0 Å². The van der Waals surface area contributed by atoms with E-state index in [2.05, 4.69) is 142 Å². The van der Waals surface area contributed by atoms with Crippen LogP contribution in [0.4, 0.5) is 0 Å². The van der Waals surface area contributed by atoms with Crippen LogP contribution in [0.1, 0.15) is 252 Å². The first kappa shape index (κ1) is 68.6. The van der Waals surface area contributed by atoms with Crippen LogP contribution in [0.3, 0.4) is 0 Å². The molecule has 0 aromatic rings. The number of esters is 3. The van der Waals surface area contributed by atoms with Crippen molar-refractivity contribution in [3.63, 3.8) is 0 Å². The molecule has 6 heteroatoms. The molecule has 0 saturated carbocycles. The van der Waals surface area contributed by atoms with Gasteiger partial charge in [0.15, 0.2) is 6.10 Å². The molecular weight excluding hydrogens is 901 g/mol. The molecule has 0 saturated heterocycles. The zero-order chi connectivity index (χ0) is 52.9. The summed E-state index contributed by atoms with van der Waals surface area (Å²) < 4.78 is 16.8. The first-order chi connectivity index (χ1) is 36.0. The second-order valence-electron chi connectivity index (χ2n) is 19.1. The Bertz CT molecular complexity index is 1580. The second kappa shape index (κ2) is 60.1. The zero-order valence-corrected chi connectivity index (χ0v) is 47.1. The Balaban J connectivity index is 4.44. The van der Waals surface area contributed by atoms with Crippen molar-refractivity contribution in [2.45, 2.75) is 258 Å². The highest BCUT2D eigenvalue weighted by molar-refractivity contribution is 5.71. The first-order valence-electron chi connectivity index (χ1n) is 29.7. The predicted molar refractivity (Wildman–Crippen MR) is 316 cm³/mol. The van der Waals surface area contributed by atoms with Crippen molar-refractivity contribution < 1.29 is 28.6 Å². The van der Waals surface area contributed by atoms with Crippen molar-refractivity contribution in [3.05, 3.63) is 134 Å². The third kappa shape index (κ3) is 58.3. The van der Waals surface area contributed by atoms with Crippen molar-refractivity contribution in [3.8, 4) is 0 Å². The minimum atomic E-state index is -0.821. The van der Waals surface area contributed by atoms with Crippen molar-refractivity contribution in [2.24, 2.45) is 0 Å². The molecule has 0 amide bonds. The number of carbonyl (C=O) groups excluding carboxylic acids is 3. The van der Waals surface area contributed by atoms with E-state index in [0.717, 1.165) is 116 Å². The number of hydrogen-bond donors (Lipinski definition) is 0. The Kier molecular flexibility index (Phi) is 56.4. The van der Waals surface area contributed by atoms with Crippen LogP contribution in [-0.2, 0) is 28.6 Å². The lowest BCUT2D eigenvalue weighted by Crippen LogP contribution is -2.30. The Labute approximate surface area is 449 Å². The molecule has 6 nitrogen and oxygen atoms in total. The van der Waals surface area contributed by atoms with Crippen LogP contribution in [0.15, 0.2) is 134 Å². The summed E-state index contributed by atoms with van der Waals surface area (Å²) in [6.45, 7) is 6.32. The molecule has 1 atom stereocenters. The average Bonchev–Trinajstić information content (AvgIpc) is 3.39. The van der Waals surface area contributed by atoms with E-state index in [-0.39, 0.29) is 37.5 Å². The molecule has 0 aliphatic rings. The molecule has 0 aromatic heterocycles.